The largest absolute Gasteiger partial charge is 0.460 e. The molecule has 1 aliphatic rings. The maximum atomic E-state index is 12.1. The molecular weight excluding hydrogens is 363 g/mol. The minimum absolute atomic E-state index is 0.0836. The Morgan fingerprint density at radius 1 is 1.35 bits per heavy atom. The van der Waals surface area contributed by atoms with Crippen LogP contribution < -0.4 is 5.63 Å². The van der Waals surface area contributed by atoms with E-state index in [0.717, 1.165) is 5.56 Å². The number of carbonyl (C=O) groups is 1. The minimum atomic E-state index is -1.09. The molecule has 7 heteroatoms. The monoisotopic (exact) mass is 374 g/mol. The highest BCUT2D eigenvalue weighted by molar-refractivity contribution is 6.53. The van der Waals surface area contributed by atoms with Crippen LogP contribution in [0.1, 0.15) is 24.5 Å². The van der Waals surface area contributed by atoms with E-state index in [9.17, 15) is 9.59 Å². The van der Waals surface area contributed by atoms with Crippen LogP contribution in [0.25, 0.3) is 11.0 Å². The molecule has 1 fully saturated rings. The van der Waals surface area contributed by atoms with E-state index in [4.69, 9.17) is 44.0 Å². The van der Waals surface area contributed by atoms with E-state index < -0.39 is 21.3 Å². The molecule has 0 saturated heterocycles. The predicted molar refractivity (Wildman–Crippen MR) is 89.2 cm³/mol. The van der Waals surface area contributed by atoms with Gasteiger partial charge in [-0.3, -0.25) is 4.79 Å². The number of aryl methyl sites for hydroxylation is 1. The van der Waals surface area contributed by atoms with Gasteiger partial charge in [-0.1, -0.05) is 11.6 Å². The van der Waals surface area contributed by atoms with Crippen molar-refractivity contribution in [1.82, 2.24) is 0 Å². The topological polar surface area (TPSA) is 56.5 Å². The molecule has 4 nitrogen and oxygen atoms in total. The number of hydrogen-bond donors (Lipinski definition) is 0. The van der Waals surface area contributed by atoms with Gasteiger partial charge in [-0.2, -0.15) is 0 Å². The molecule has 0 bridgehead atoms. The zero-order chi connectivity index (χ0) is 17.0. The summed E-state index contributed by atoms with van der Waals surface area (Å²) < 4.78 is 9.36. The highest BCUT2D eigenvalue weighted by Crippen LogP contribution is 2.64. The van der Waals surface area contributed by atoms with E-state index in [-0.39, 0.29) is 6.61 Å². The first kappa shape index (κ1) is 16.6. The van der Waals surface area contributed by atoms with Gasteiger partial charge in [0.25, 0.3) is 0 Å². The second kappa shape index (κ2) is 5.40. The Morgan fingerprint density at radius 3 is 2.61 bits per heavy atom. The molecule has 0 radical (unpaired) electrons. The lowest BCUT2D eigenvalue weighted by molar-refractivity contribution is -0.150. The van der Waals surface area contributed by atoms with Gasteiger partial charge in [0.2, 0.25) is 0 Å². The lowest BCUT2D eigenvalue weighted by Gasteiger charge is -2.13. The summed E-state index contributed by atoms with van der Waals surface area (Å²) in [5, 5.41) is 1.16. The van der Waals surface area contributed by atoms with E-state index in [1.807, 2.05) is 6.92 Å². The summed E-state index contributed by atoms with van der Waals surface area (Å²) in [6.07, 6.45) is 0.338. The van der Waals surface area contributed by atoms with Gasteiger partial charge in [0.05, 0.1) is 0 Å². The fraction of sp³-hybridized carbons (Fsp3) is 0.375. The Hall–Kier alpha value is -1.23. The Balaban J connectivity index is 1.90. The highest BCUT2D eigenvalue weighted by Gasteiger charge is 2.69. The normalized spacial score (nSPS) is 22.1. The van der Waals surface area contributed by atoms with E-state index >= 15 is 0 Å². The average molecular weight is 376 g/mol. The molecule has 1 aliphatic carbocycles. The van der Waals surface area contributed by atoms with Gasteiger partial charge < -0.3 is 9.15 Å². The zero-order valence-corrected chi connectivity index (χ0v) is 14.7. The molecule has 0 N–H and O–H groups in total. The van der Waals surface area contributed by atoms with E-state index in [1.54, 1.807) is 19.1 Å². The molecule has 1 aromatic heterocycles. The van der Waals surface area contributed by atoms with Crippen molar-refractivity contribution < 1.29 is 13.9 Å². The van der Waals surface area contributed by atoms with Crippen LogP contribution in [0.2, 0.25) is 5.02 Å². The molecule has 3 rings (SSSR count). The summed E-state index contributed by atoms with van der Waals surface area (Å²) in [5.41, 5.74) is 0.264. The number of hydrogen-bond acceptors (Lipinski definition) is 4. The van der Waals surface area contributed by atoms with Crippen LogP contribution in [-0.2, 0) is 16.1 Å². The first-order valence-electron chi connectivity index (χ1n) is 6.92. The summed E-state index contributed by atoms with van der Waals surface area (Å²) in [4.78, 5) is 23.8. The van der Waals surface area contributed by atoms with Crippen LogP contribution in [0.5, 0.6) is 0 Å². The molecular formula is C16H13Cl3O4. The Morgan fingerprint density at radius 2 is 2.00 bits per heavy atom. The van der Waals surface area contributed by atoms with Crippen molar-refractivity contribution in [1.29, 1.82) is 0 Å². The van der Waals surface area contributed by atoms with E-state index in [1.165, 1.54) is 6.07 Å². The third-order valence-electron chi connectivity index (χ3n) is 4.18. The third kappa shape index (κ3) is 2.84. The van der Waals surface area contributed by atoms with Crippen LogP contribution in [0.4, 0.5) is 0 Å². The Kier molecular flexibility index (Phi) is 3.90. The molecule has 122 valence electrons. The van der Waals surface area contributed by atoms with Crippen molar-refractivity contribution >= 4 is 51.7 Å². The molecule has 1 aromatic carbocycles. The zero-order valence-electron chi connectivity index (χ0n) is 12.4. The molecule has 0 aliphatic heterocycles. The van der Waals surface area contributed by atoms with Gasteiger partial charge in [0, 0.05) is 28.5 Å². The quantitative estimate of drug-likeness (QED) is 0.454. The molecule has 0 spiro atoms. The molecule has 2 aromatic rings. The summed E-state index contributed by atoms with van der Waals surface area (Å²) in [5.74, 6) is -0.498. The van der Waals surface area contributed by atoms with Gasteiger partial charge in [-0.25, -0.2) is 4.79 Å². The fourth-order valence-electron chi connectivity index (χ4n) is 2.39. The van der Waals surface area contributed by atoms with Crippen molar-refractivity contribution in [2.75, 3.05) is 0 Å². The molecule has 1 saturated carbocycles. The number of alkyl halides is 2. The number of benzene rings is 1. The SMILES string of the molecule is Cc1cc2oc(=O)cc(COC(=O)[C@]3(C)CC3(Cl)Cl)c2cc1Cl. The highest BCUT2D eigenvalue weighted by atomic mass is 35.5. The first-order chi connectivity index (χ1) is 10.6. The van der Waals surface area contributed by atoms with Crippen molar-refractivity contribution in [2.24, 2.45) is 5.41 Å². The van der Waals surface area contributed by atoms with Crippen molar-refractivity contribution in [3.05, 3.63) is 44.8 Å². The fourth-order valence-corrected chi connectivity index (χ4v) is 3.24. The lowest BCUT2D eigenvalue weighted by atomic mass is 10.1. The number of esters is 1. The molecule has 23 heavy (non-hydrogen) atoms. The molecule has 1 atom stereocenters. The lowest BCUT2D eigenvalue weighted by Crippen LogP contribution is -2.21. The van der Waals surface area contributed by atoms with Crippen LogP contribution >= 0.6 is 34.8 Å². The van der Waals surface area contributed by atoms with Gasteiger partial charge >= 0.3 is 11.6 Å². The smallest absolute Gasteiger partial charge is 0.336 e. The second-order valence-corrected chi connectivity index (χ2v) is 7.87. The van der Waals surface area contributed by atoms with Gasteiger partial charge in [0.15, 0.2) is 0 Å². The van der Waals surface area contributed by atoms with Crippen molar-refractivity contribution in [3.63, 3.8) is 0 Å². The molecule has 0 unspecified atom stereocenters. The van der Waals surface area contributed by atoms with Crippen molar-refractivity contribution in [3.8, 4) is 0 Å². The van der Waals surface area contributed by atoms with E-state index in [2.05, 4.69) is 0 Å². The van der Waals surface area contributed by atoms with Crippen molar-refractivity contribution in [2.45, 2.75) is 31.2 Å². The van der Waals surface area contributed by atoms with Gasteiger partial charge in [-0.05, 0) is 31.5 Å². The second-order valence-electron chi connectivity index (χ2n) is 5.98. The summed E-state index contributed by atoms with van der Waals surface area (Å²) in [7, 11) is 0. The standard InChI is InChI=1S/C16H13Cl3O4/c1-8-3-12-10(5-11(8)17)9(4-13(20)23-12)6-22-14(21)15(2)7-16(15,18)19/h3-5H,6-7H2,1-2H3/t15-/m0/s1. The number of carbonyl (C=O) groups excluding carboxylic acids is 1. The number of halogens is 3. The number of rotatable bonds is 3. The maximum absolute atomic E-state index is 12.1. The average Bonchev–Trinajstić information content (AvgIpc) is 2.98. The predicted octanol–water partition coefficient (Wildman–Crippen LogP) is 4.38. The van der Waals surface area contributed by atoms with Crippen LogP contribution in [0, 0.1) is 12.3 Å². The third-order valence-corrected chi connectivity index (χ3v) is 5.69. The Bertz CT molecular complexity index is 871. The Labute approximate surface area is 147 Å². The van der Waals surface area contributed by atoms with E-state index in [0.29, 0.717) is 28.0 Å². The minimum Gasteiger partial charge on any atom is -0.460 e. The van der Waals surface area contributed by atoms with Crippen LogP contribution in [0.15, 0.2) is 27.4 Å². The van der Waals surface area contributed by atoms with Gasteiger partial charge in [0.1, 0.15) is 21.9 Å². The summed E-state index contributed by atoms with van der Waals surface area (Å²) >= 11 is 18.1. The van der Waals surface area contributed by atoms with Gasteiger partial charge in [-0.15, -0.1) is 23.2 Å². The van der Waals surface area contributed by atoms with Crippen LogP contribution in [-0.4, -0.2) is 10.3 Å². The summed E-state index contributed by atoms with van der Waals surface area (Å²) in [6, 6.07) is 4.64. The summed E-state index contributed by atoms with van der Waals surface area (Å²) in [6.45, 7) is 3.37. The number of fused-ring (bicyclic) bond motifs is 1. The first-order valence-corrected chi connectivity index (χ1v) is 8.05. The molecule has 0 amide bonds. The maximum Gasteiger partial charge on any atom is 0.336 e. The number of ether oxygens (including phenoxy) is 1. The molecule has 1 heterocycles. The van der Waals surface area contributed by atoms with Crippen LogP contribution in [0.3, 0.4) is 0 Å².